The molecule has 8 heteroatoms. The maximum atomic E-state index is 12.5. The molecule has 0 aliphatic rings. The number of hydrogen-bond donors (Lipinski definition) is 0. The minimum absolute atomic E-state index is 0.0506. The van der Waals surface area contributed by atoms with Gasteiger partial charge in [-0.2, -0.15) is 4.68 Å². The van der Waals surface area contributed by atoms with Crippen LogP contribution in [0.2, 0.25) is 0 Å². The molecule has 4 aromatic rings. The van der Waals surface area contributed by atoms with Crippen molar-refractivity contribution in [1.82, 2.24) is 29.8 Å². The van der Waals surface area contributed by atoms with Crippen LogP contribution in [0.1, 0.15) is 17.0 Å². The highest BCUT2D eigenvalue weighted by molar-refractivity contribution is 7.98. The van der Waals surface area contributed by atoms with E-state index in [-0.39, 0.29) is 5.56 Å². The van der Waals surface area contributed by atoms with E-state index in [2.05, 4.69) is 40.4 Å². The Labute approximate surface area is 160 Å². The summed E-state index contributed by atoms with van der Waals surface area (Å²) < 4.78 is 3.31. The van der Waals surface area contributed by atoms with Crippen molar-refractivity contribution in [2.75, 3.05) is 0 Å². The van der Waals surface area contributed by atoms with Crippen LogP contribution in [0.4, 0.5) is 0 Å². The van der Waals surface area contributed by atoms with Crippen molar-refractivity contribution in [3.8, 4) is 5.69 Å². The molecule has 2 heterocycles. The van der Waals surface area contributed by atoms with E-state index in [1.807, 2.05) is 30.3 Å². The topological polar surface area (TPSA) is 78.5 Å². The van der Waals surface area contributed by atoms with E-state index in [0.29, 0.717) is 27.6 Å². The van der Waals surface area contributed by atoms with Gasteiger partial charge >= 0.3 is 0 Å². The molecule has 136 valence electrons. The van der Waals surface area contributed by atoms with Gasteiger partial charge in [0.05, 0.1) is 22.3 Å². The summed E-state index contributed by atoms with van der Waals surface area (Å²) in [6.07, 6.45) is 0. The minimum atomic E-state index is -0.0506. The number of benzene rings is 2. The van der Waals surface area contributed by atoms with E-state index >= 15 is 0 Å². The third-order valence-electron chi connectivity index (χ3n) is 4.65. The summed E-state index contributed by atoms with van der Waals surface area (Å²) in [5.74, 6) is 1.17. The van der Waals surface area contributed by atoms with Crippen LogP contribution in [0.25, 0.3) is 16.6 Å². The van der Waals surface area contributed by atoms with E-state index in [9.17, 15) is 4.79 Å². The van der Waals surface area contributed by atoms with E-state index in [1.54, 1.807) is 22.4 Å². The second-order valence-electron chi connectivity index (χ2n) is 6.29. The quantitative estimate of drug-likeness (QED) is 0.508. The summed E-state index contributed by atoms with van der Waals surface area (Å²) in [7, 11) is 1.74. The van der Waals surface area contributed by atoms with Crippen LogP contribution in [0, 0.1) is 13.8 Å². The first-order chi connectivity index (χ1) is 13.1. The predicted octanol–water partition coefficient (Wildman–Crippen LogP) is 2.82. The van der Waals surface area contributed by atoms with Crippen LogP contribution in [0.15, 0.2) is 52.4 Å². The van der Waals surface area contributed by atoms with Crippen molar-refractivity contribution >= 4 is 22.7 Å². The van der Waals surface area contributed by atoms with Crippen LogP contribution in [0.3, 0.4) is 0 Å². The maximum absolute atomic E-state index is 12.5. The summed E-state index contributed by atoms with van der Waals surface area (Å²) in [5.41, 5.74) is 3.90. The molecule has 4 rings (SSSR count). The standard InChI is InChI=1S/C19H18N6OS/c1-12-7-6-10-16(13(12)2)25-19(21-22-23-25)27-11-17-20-15-9-5-4-8-14(15)18(26)24(17)3/h4-10H,11H2,1-3H3. The second-order valence-corrected chi connectivity index (χ2v) is 7.23. The van der Waals surface area contributed by atoms with Gasteiger partial charge in [0.25, 0.3) is 5.56 Å². The molecule has 0 radical (unpaired) electrons. The lowest BCUT2D eigenvalue weighted by atomic mass is 10.1. The first-order valence-electron chi connectivity index (χ1n) is 8.48. The number of aromatic nitrogens is 6. The third-order valence-corrected chi connectivity index (χ3v) is 5.57. The van der Waals surface area contributed by atoms with E-state index in [1.165, 1.54) is 17.3 Å². The Bertz CT molecular complexity index is 1200. The SMILES string of the molecule is Cc1cccc(-n2nnnc2SCc2nc3ccccc3c(=O)n2C)c1C. The number of rotatable bonds is 4. The molecule has 2 aromatic heterocycles. The Balaban J connectivity index is 1.67. The summed E-state index contributed by atoms with van der Waals surface area (Å²) in [5, 5.41) is 13.4. The van der Waals surface area contributed by atoms with Gasteiger partial charge in [-0.05, 0) is 53.6 Å². The van der Waals surface area contributed by atoms with Crippen molar-refractivity contribution in [1.29, 1.82) is 0 Å². The molecule has 0 fully saturated rings. The average Bonchev–Trinajstić information content (AvgIpc) is 3.14. The van der Waals surface area contributed by atoms with Gasteiger partial charge in [0.15, 0.2) is 0 Å². The number of nitrogens with zero attached hydrogens (tertiary/aromatic N) is 6. The molecule has 7 nitrogen and oxygen atoms in total. The molecular formula is C19H18N6OS. The molecule has 0 saturated heterocycles. The molecule has 0 spiro atoms. The van der Waals surface area contributed by atoms with Gasteiger partial charge < -0.3 is 0 Å². The highest BCUT2D eigenvalue weighted by Gasteiger charge is 2.14. The van der Waals surface area contributed by atoms with Crippen LogP contribution >= 0.6 is 11.8 Å². The lowest BCUT2D eigenvalue weighted by Crippen LogP contribution is -2.22. The Hall–Kier alpha value is -3.00. The van der Waals surface area contributed by atoms with Crippen LogP contribution in [-0.4, -0.2) is 29.8 Å². The van der Waals surface area contributed by atoms with Gasteiger partial charge in [0.1, 0.15) is 5.82 Å². The van der Waals surface area contributed by atoms with Gasteiger partial charge in [0, 0.05) is 7.05 Å². The molecule has 0 atom stereocenters. The highest BCUT2D eigenvalue weighted by atomic mass is 32.2. The monoisotopic (exact) mass is 378 g/mol. The van der Waals surface area contributed by atoms with Gasteiger partial charge in [-0.15, -0.1) is 5.10 Å². The second kappa shape index (κ2) is 6.96. The van der Waals surface area contributed by atoms with Crippen molar-refractivity contribution in [2.45, 2.75) is 24.8 Å². The van der Waals surface area contributed by atoms with Crippen LogP contribution < -0.4 is 5.56 Å². The Morgan fingerprint density at radius 3 is 2.74 bits per heavy atom. The molecule has 2 aromatic carbocycles. The summed E-state index contributed by atoms with van der Waals surface area (Å²) in [4.78, 5) is 17.2. The number of para-hydroxylation sites is 1. The van der Waals surface area contributed by atoms with Crippen molar-refractivity contribution in [3.05, 3.63) is 69.8 Å². The Kier molecular flexibility index (Phi) is 4.49. The molecule has 0 N–H and O–H groups in total. The number of fused-ring (bicyclic) bond motifs is 1. The highest BCUT2D eigenvalue weighted by Crippen LogP contribution is 2.24. The molecular weight excluding hydrogens is 360 g/mol. The van der Waals surface area contributed by atoms with Gasteiger partial charge in [-0.3, -0.25) is 9.36 Å². The normalized spacial score (nSPS) is 11.2. The molecule has 0 amide bonds. The van der Waals surface area contributed by atoms with Crippen LogP contribution in [-0.2, 0) is 12.8 Å². The first kappa shape index (κ1) is 17.4. The summed E-state index contributed by atoms with van der Waals surface area (Å²) in [6.45, 7) is 4.11. The third kappa shape index (κ3) is 3.12. The lowest BCUT2D eigenvalue weighted by Gasteiger charge is -2.11. The fraction of sp³-hybridized carbons (Fsp3) is 0.211. The minimum Gasteiger partial charge on any atom is -0.299 e. The Morgan fingerprint density at radius 1 is 1.07 bits per heavy atom. The first-order valence-corrected chi connectivity index (χ1v) is 9.47. The molecule has 0 saturated carbocycles. The maximum Gasteiger partial charge on any atom is 0.261 e. The van der Waals surface area contributed by atoms with E-state index < -0.39 is 0 Å². The molecule has 0 aliphatic heterocycles. The zero-order valence-corrected chi connectivity index (χ0v) is 16.1. The Morgan fingerprint density at radius 2 is 1.89 bits per heavy atom. The largest absolute Gasteiger partial charge is 0.299 e. The molecule has 0 bridgehead atoms. The van der Waals surface area contributed by atoms with E-state index in [4.69, 9.17) is 0 Å². The zero-order valence-electron chi connectivity index (χ0n) is 15.2. The van der Waals surface area contributed by atoms with E-state index in [0.717, 1.165) is 11.3 Å². The number of aryl methyl sites for hydroxylation is 1. The number of hydrogen-bond acceptors (Lipinski definition) is 6. The molecule has 27 heavy (non-hydrogen) atoms. The van der Waals surface area contributed by atoms with Gasteiger partial charge in [-0.1, -0.05) is 36.0 Å². The lowest BCUT2D eigenvalue weighted by molar-refractivity contribution is 0.748. The predicted molar refractivity (Wildman–Crippen MR) is 105 cm³/mol. The fourth-order valence-electron chi connectivity index (χ4n) is 2.91. The smallest absolute Gasteiger partial charge is 0.261 e. The van der Waals surface area contributed by atoms with Gasteiger partial charge in [0.2, 0.25) is 5.16 Å². The number of tetrazole rings is 1. The summed E-state index contributed by atoms with van der Waals surface area (Å²) in [6, 6.07) is 13.4. The zero-order chi connectivity index (χ0) is 19.0. The molecule has 0 aliphatic carbocycles. The molecule has 0 unspecified atom stereocenters. The van der Waals surface area contributed by atoms with Gasteiger partial charge in [-0.25, -0.2) is 4.98 Å². The van der Waals surface area contributed by atoms with Crippen LogP contribution in [0.5, 0.6) is 0 Å². The fourth-order valence-corrected chi connectivity index (χ4v) is 3.78. The van der Waals surface area contributed by atoms with Crippen molar-refractivity contribution < 1.29 is 0 Å². The summed E-state index contributed by atoms with van der Waals surface area (Å²) >= 11 is 1.45. The van der Waals surface area contributed by atoms with Crippen molar-refractivity contribution in [2.24, 2.45) is 7.05 Å². The average molecular weight is 378 g/mol. The van der Waals surface area contributed by atoms with Crippen molar-refractivity contribution in [3.63, 3.8) is 0 Å². The number of thioether (sulfide) groups is 1.